The summed E-state index contributed by atoms with van der Waals surface area (Å²) in [6.07, 6.45) is 8.97. The van der Waals surface area contributed by atoms with Crippen molar-refractivity contribution in [3.8, 4) is 0 Å². The first-order valence-corrected chi connectivity index (χ1v) is 7.29. The van der Waals surface area contributed by atoms with Crippen LogP contribution in [0, 0.1) is 0 Å². The third-order valence-electron chi connectivity index (χ3n) is 4.21. The molecule has 1 saturated carbocycles. The van der Waals surface area contributed by atoms with Crippen LogP contribution in [0.4, 0.5) is 0 Å². The van der Waals surface area contributed by atoms with Crippen LogP contribution in [0.3, 0.4) is 0 Å². The van der Waals surface area contributed by atoms with Crippen LogP contribution in [-0.2, 0) is 4.74 Å². The van der Waals surface area contributed by atoms with Crippen LogP contribution in [0.15, 0.2) is 0 Å². The van der Waals surface area contributed by atoms with Gasteiger partial charge in [-0.05, 0) is 39.2 Å². The molecule has 0 aromatic heterocycles. The first-order chi connectivity index (χ1) is 8.25. The topological polar surface area (TPSA) is 32.7 Å². The zero-order valence-corrected chi connectivity index (χ0v) is 11.1. The molecule has 0 aromatic rings. The Morgan fingerprint density at radius 3 is 2.59 bits per heavy atom. The second-order valence-electron chi connectivity index (χ2n) is 5.73. The van der Waals surface area contributed by atoms with Crippen LogP contribution in [0.25, 0.3) is 0 Å². The van der Waals surface area contributed by atoms with E-state index in [0.717, 1.165) is 13.1 Å². The van der Waals surface area contributed by atoms with Crippen LogP contribution in [0.5, 0.6) is 0 Å². The van der Waals surface area contributed by atoms with Gasteiger partial charge in [0.15, 0.2) is 0 Å². The fraction of sp³-hybridized carbons (Fsp3) is 1.00. The van der Waals surface area contributed by atoms with Crippen molar-refractivity contribution in [1.82, 2.24) is 4.90 Å². The molecular weight excluding hydrogens is 214 g/mol. The average Bonchev–Trinajstić information content (AvgIpc) is 2.82. The van der Waals surface area contributed by atoms with Crippen LogP contribution in [-0.4, -0.2) is 48.0 Å². The number of aliphatic hydroxyl groups excluding tert-OH is 1. The quantitative estimate of drug-likeness (QED) is 0.801. The molecule has 0 radical (unpaired) electrons. The highest BCUT2D eigenvalue weighted by molar-refractivity contribution is 4.76. The molecule has 1 saturated heterocycles. The van der Waals surface area contributed by atoms with Gasteiger partial charge in [-0.25, -0.2) is 0 Å². The fourth-order valence-corrected chi connectivity index (χ4v) is 3.05. The number of hydrogen-bond donors (Lipinski definition) is 1. The van der Waals surface area contributed by atoms with E-state index in [1.54, 1.807) is 0 Å². The summed E-state index contributed by atoms with van der Waals surface area (Å²) in [4.78, 5) is 2.41. The lowest BCUT2D eigenvalue weighted by Gasteiger charge is -2.34. The third kappa shape index (κ3) is 4.23. The summed E-state index contributed by atoms with van der Waals surface area (Å²) < 4.78 is 5.76. The molecular formula is C14H27NO2. The van der Waals surface area contributed by atoms with Gasteiger partial charge >= 0.3 is 0 Å². The number of likely N-dealkylation sites (tertiary alicyclic amines) is 1. The van der Waals surface area contributed by atoms with Crippen molar-refractivity contribution in [2.75, 3.05) is 19.7 Å². The molecule has 0 spiro atoms. The SMILES string of the molecule is C[C@@H]1CCCCN1C[C@@H](O)COC1CCCC1. The lowest BCUT2D eigenvalue weighted by atomic mass is 10.0. The van der Waals surface area contributed by atoms with E-state index in [2.05, 4.69) is 11.8 Å². The molecule has 100 valence electrons. The van der Waals surface area contributed by atoms with Gasteiger partial charge in [0.1, 0.15) is 0 Å². The van der Waals surface area contributed by atoms with Crippen molar-refractivity contribution in [2.24, 2.45) is 0 Å². The zero-order valence-electron chi connectivity index (χ0n) is 11.1. The van der Waals surface area contributed by atoms with Crippen LogP contribution in [0.2, 0.25) is 0 Å². The summed E-state index contributed by atoms with van der Waals surface area (Å²) in [6, 6.07) is 0.630. The van der Waals surface area contributed by atoms with E-state index < -0.39 is 0 Å². The zero-order chi connectivity index (χ0) is 12.1. The Morgan fingerprint density at radius 1 is 1.18 bits per heavy atom. The first-order valence-electron chi connectivity index (χ1n) is 7.29. The maximum absolute atomic E-state index is 10.0. The standard InChI is InChI=1S/C14H27NO2/c1-12-6-4-5-9-15(12)10-13(16)11-17-14-7-2-3-8-14/h12-14,16H,2-11H2,1H3/t12-,13-/m1/s1. The predicted molar refractivity (Wildman–Crippen MR) is 69.1 cm³/mol. The molecule has 2 aliphatic rings. The van der Waals surface area contributed by atoms with Gasteiger partial charge in [-0.3, -0.25) is 4.90 Å². The minimum absolute atomic E-state index is 0.309. The second kappa shape index (κ2) is 6.72. The normalized spacial score (nSPS) is 29.6. The molecule has 2 atom stereocenters. The Morgan fingerprint density at radius 2 is 1.88 bits per heavy atom. The molecule has 1 aliphatic heterocycles. The Labute approximate surface area is 105 Å². The van der Waals surface area contributed by atoms with Crippen molar-refractivity contribution in [2.45, 2.75) is 70.1 Å². The second-order valence-corrected chi connectivity index (χ2v) is 5.73. The molecule has 1 N–H and O–H groups in total. The molecule has 1 aliphatic carbocycles. The smallest absolute Gasteiger partial charge is 0.0900 e. The molecule has 3 heteroatoms. The summed E-state index contributed by atoms with van der Waals surface area (Å²) >= 11 is 0. The highest BCUT2D eigenvalue weighted by Crippen LogP contribution is 2.21. The Bertz CT molecular complexity index is 216. The van der Waals surface area contributed by atoms with Gasteiger partial charge in [-0.1, -0.05) is 19.3 Å². The number of piperidine rings is 1. The number of hydrogen-bond acceptors (Lipinski definition) is 3. The van der Waals surface area contributed by atoms with E-state index in [-0.39, 0.29) is 6.10 Å². The van der Waals surface area contributed by atoms with Crippen molar-refractivity contribution in [3.05, 3.63) is 0 Å². The molecule has 2 fully saturated rings. The molecule has 17 heavy (non-hydrogen) atoms. The van der Waals surface area contributed by atoms with Gasteiger partial charge in [-0.2, -0.15) is 0 Å². The molecule has 3 nitrogen and oxygen atoms in total. The number of ether oxygens (including phenoxy) is 1. The van der Waals surface area contributed by atoms with Crippen LogP contribution < -0.4 is 0 Å². The minimum Gasteiger partial charge on any atom is -0.389 e. The predicted octanol–water partition coefficient (Wildman–Crippen LogP) is 2.18. The summed E-state index contributed by atoms with van der Waals surface area (Å²) in [5.41, 5.74) is 0. The first kappa shape index (κ1) is 13.3. The molecule has 0 bridgehead atoms. The maximum Gasteiger partial charge on any atom is 0.0900 e. The van der Waals surface area contributed by atoms with Gasteiger partial charge in [-0.15, -0.1) is 0 Å². The Kier molecular flexibility index (Phi) is 5.26. The molecule has 0 aromatic carbocycles. The van der Waals surface area contributed by atoms with Gasteiger partial charge in [0.05, 0.1) is 18.8 Å². The van der Waals surface area contributed by atoms with E-state index in [0.29, 0.717) is 18.8 Å². The Hall–Kier alpha value is -0.120. The highest BCUT2D eigenvalue weighted by atomic mass is 16.5. The average molecular weight is 241 g/mol. The van der Waals surface area contributed by atoms with Crippen molar-refractivity contribution < 1.29 is 9.84 Å². The summed E-state index contributed by atoms with van der Waals surface area (Å²) in [5.74, 6) is 0. The monoisotopic (exact) mass is 241 g/mol. The highest BCUT2D eigenvalue weighted by Gasteiger charge is 2.22. The van der Waals surface area contributed by atoms with Crippen molar-refractivity contribution >= 4 is 0 Å². The number of β-amino-alcohol motifs (C(OH)–C–C–N with tert-alkyl or cyclic N) is 1. The molecule has 0 amide bonds. The van der Waals surface area contributed by atoms with E-state index in [1.165, 1.54) is 44.9 Å². The summed E-state index contributed by atoms with van der Waals surface area (Å²) in [7, 11) is 0. The fourth-order valence-electron chi connectivity index (χ4n) is 3.05. The molecule has 2 rings (SSSR count). The number of aliphatic hydroxyl groups is 1. The van der Waals surface area contributed by atoms with E-state index in [9.17, 15) is 5.11 Å². The molecule has 1 heterocycles. The largest absolute Gasteiger partial charge is 0.389 e. The summed E-state index contributed by atoms with van der Waals surface area (Å²) in [6.45, 7) is 4.72. The third-order valence-corrected chi connectivity index (χ3v) is 4.21. The number of rotatable bonds is 5. The van der Waals surface area contributed by atoms with Crippen LogP contribution in [0.1, 0.15) is 51.9 Å². The van der Waals surface area contributed by atoms with E-state index in [4.69, 9.17) is 4.74 Å². The molecule has 0 unspecified atom stereocenters. The minimum atomic E-state index is -0.309. The number of nitrogens with zero attached hydrogens (tertiary/aromatic N) is 1. The van der Waals surface area contributed by atoms with Gasteiger partial charge in [0, 0.05) is 12.6 Å². The maximum atomic E-state index is 10.0. The lowest BCUT2D eigenvalue weighted by molar-refractivity contribution is -0.0256. The Balaban J connectivity index is 1.63. The van der Waals surface area contributed by atoms with Crippen molar-refractivity contribution in [1.29, 1.82) is 0 Å². The van der Waals surface area contributed by atoms with Gasteiger partial charge < -0.3 is 9.84 Å². The lowest BCUT2D eigenvalue weighted by Crippen LogP contribution is -2.43. The summed E-state index contributed by atoms with van der Waals surface area (Å²) in [5, 5.41) is 10.0. The van der Waals surface area contributed by atoms with Gasteiger partial charge in [0.25, 0.3) is 0 Å². The van der Waals surface area contributed by atoms with E-state index in [1.807, 2.05) is 0 Å². The van der Waals surface area contributed by atoms with Crippen LogP contribution >= 0.6 is 0 Å². The van der Waals surface area contributed by atoms with Crippen molar-refractivity contribution in [3.63, 3.8) is 0 Å². The van der Waals surface area contributed by atoms with Gasteiger partial charge in [0.2, 0.25) is 0 Å². The van der Waals surface area contributed by atoms with E-state index >= 15 is 0 Å².